The lowest BCUT2D eigenvalue weighted by atomic mass is 9.95. The van der Waals surface area contributed by atoms with E-state index >= 15 is 0 Å². The van der Waals surface area contributed by atoms with Crippen molar-refractivity contribution in [2.75, 3.05) is 13.2 Å². The average Bonchev–Trinajstić information content (AvgIpc) is 3.04. The molecule has 2 aliphatic carbocycles. The van der Waals surface area contributed by atoms with Gasteiger partial charge in [0.25, 0.3) is 0 Å². The van der Waals surface area contributed by atoms with Crippen molar-refractivity contribution in [2.45, 2.75) is 109 Å². The van der Waals surface area contributed by atoms with Gasteiger partial charge in [-0.25, -0.2) is 18.7 Å². The van der Waals surface area contributed by atoms with E-state index in [1.165, 1.54) is 0 Å². The van der Waals surface area contributed by atoms with Crippen LogP contribution >= 0.6 is 15.6 Å². The Balaban J connectivity index is 1.66. The van der Waals surface area contributed by atoms with Gasteiger partial charge in [0.2, 0.25) is 0 Å². The molecule has 39 heavy (non-hydrogen) atoms. The molecule has 4 N–H and O–H groups in total. The maximum Gasteiger partial charge on any atom is 0.508 e. The van der Waals surface area contributed by atoms with Crippen molar-refractivity contribution < 1.29 is 66.3 Å². The molecule has 0 amide bonds. The molecule has 0 saturated heterocycles. The number of hydrogen-bond donors (Lipinski definition) is 4. The zero-order valence-electron chi connectivity index (χ0n) is 22.4. The molecule has 2 aliphatic rings. The highest BCUT2D eigenvalue weighted by molar-refractivity contribution is 7.46. The second kappa shape index (κ2) is 16.3. The highest BCUT2D eigenvalue weighted by atomic mass is 31.2. The summed E-state index contributed by atoms with van der Waals surface area (Å²) < 4.78 is 52.9. The summed E-state index contributed by atoms with van der Waals surface area (Å²) in [6.45, 7) is 3.91. The third kappa shape index (κ3) is 14.8. The quantitative estimate of drug-likeness (QED) is 0.129. The Bertz CT molecular complexity index is 858. The molecule has 0 aromatic carbocycles. The van der Waals surface area contributed by atoms with E-state index in [1.807, 2.05) is 13.8 Å². The number of phosphoric ester groups is 2. The van der Waals surface area contributed by atoms with Crippen molar-refractivity contribution in [3.8, 4) is 0 Å². The molecule has 16 heteroatoms. The molecule has 0 aromatic rings. The molecule has 5 unspecified atom stereocenters. The number of hydrogen-bond acceptors (Lipinski definition) is 10. The number of rotatable bonds is 13. The normalized spacial score (nSPS) is 26.1. The molecular formula is C23H42O14P2. The lowest BCUT2D eigenvalue weighted by Gasteiger charge is -2.30. The Morgan fingerprint density at radius 3 is 1.33 bits per heavy atom. The van der Waals surface area contributed by atoms with E-state index in [2.05, 4.69) is 0 Å². The fraction of sp³-hybridized carbons (Fsp3) is 0.913. The van der Waals surface area contributed by atoms with Crippen molar-refractivity contribution in [2.24, 2.45) is 11.8 Å². The number of carbonyl (C=O) groups is 2. The predicted molar refractivity (Wildman–Crippen MR) is 135 cm³/mol. The van der Waals surface area contributed by atoms with Crippen LogP contribution in [-0.2, 0) is 37.1 Å². The number of ether oxygens (including phenoxy) is 4. The van der Waals surface area contributed by atoms with Crippen LogP contribution in [-0.4, -0.2) is 69.5 Å². The van der Waals surface area contributed by atoms with Gasteiger partial charge >= 0.3 is 28.0 Å². The Morgan fingerprint density at radius 2 is 0.974 bits per heavy atom. The lowest BCUT2D eigenvalue weighted by Crippen LogP contribution is -2.36. The van der Waals surface area contributed by atoms with E-state index in [1.54, 1.807) is 0 Å². The molecule has 2 rings (SSSR count). The first-order chi connectivity index (χ1) is 18.2. The van der Waals surface area contributed by atoms with Crippen LogP contribution in [0.3, 0.4) is 0 Å². The molecule has 2 fully saturated rings. The first-order valence-electron chi connectivity index (χ1n) is 13.4. The summed E-state index contributed by atoms with van der Waals surface area (Å²) in [6, 6.07) is 0. The van der Waals surface area contributed by atoms with Crippen LogP contribution in [0.4, 0.5) is 9.59 Å². The average molecular weight is 605 g/mol. The minimum absolute atomic E-state index is 0.0306. The Hall–Kier alpha value is -1.24. The summed E-state index contributed by atoms with van der Waals surface area (Å²) in [6.07, 6.45) is 1.43. The maximum absolute atomic E-state index is 12.2. The summed E-state index contributed by atoms with van der Waals surface area (Å²) >= 11 is 0. The van der Waals surface area contributed by atoms with Gasteiger partial charge in [0.05, 0.1) is 13.2 Å². The van der Waals surface area contributed by atoms with Gasteiger partial charge in [-0.1, -0.05) is 33.1 Å². The molecule has 2 saturated carbocycles. The van der Waals surface area contributed by atoms with Crippen molar-refractivity contribution in [3.63, 3.8) is 0 Å². The lowest BCUT2D eigenvalue weighted by molar-refractivity contribution is -0.0504. The molecule has 0 aliphatic heterocycles. The van der Waals surface area contributed by atoms with Gasteiger partial charge in [0, 0.05) is 0 Å². The van der Waals surface area contributed by atoms with Crippen LogP contribution in [0, 0.1) is 11.8 Å². The van der Waals surface area contributed by atoms with Crippen LogP contribution in [0.5, 0.6) is 0 Å². The van der Waals surface area contributed by atoms with E-state index in [9.17, 15) is 18.7 Å². The van der Waals surface area contributed by atoms with Crippen LogP contribution in [0.25, 0.3) is 0 Å². The first-order valence-corrected chi connectivity index (χ1v) is 16.4. The van der Waals surface area contributed by atoms with Crippen LogP contribution < -0.4 is 0 Å². The van der Waals surface area contributed by atoms with E-state index in [-0.39, 0.29) is 25.0 Å². The molecule has 228 valence electrons. The fourth-order valence-electron chi connectivity index (χ4n) is 4.64. The summed E-state index contributed by atoms with van der Waals surface area (Å²) in [5.41, 5.74) is 0. The van der Waals surface area contributed by atoms with Crippen LogP contribution in [0.15, 0.2) is 0 Å². The van der Waals surface area contributed by atoms with Crippen molar-refractivity contribution in [1.82, 2.24) is 0 Å². The fourth-order valence-corrected chi connectivity index (χ4v) is 5.83. The monoisotopic (exact) mass is 604 g/mol. The topological polar surface area (TPSA) is 205 Å². The highest BCUT2D eigenvalue weighted by Crippen LogP contribution is 2.42. The van der Waals surface area contributed by atoms with Crippen LogP contribution in [0.1, 0.15) is 84.5 Å². The van der Waals surface area contributed by atoms with Gasteiger partial charge in [-0.05, 0) is 63.2 Å². The second-order valence-corrected chi connectivity index (χ2v) is 12.8. The minimum atomic E-state index is -4.72. The van der Waals surface area contributed by atoms with Crippen molar-refractivity contribution in [1.29, 1.82) is 0 Å². The Labute approximate surface area is 228 Å². The van der Waals surface area contributed by atoms with Gasteiger partial charge in [-0.3, -0.25) is 9.05 Å². The third-order valence-corrected chi connectivity index (χ3v) is 7.79. The molecule has 14 nitrogen and oxygen atoms in total. The Morgan fingerprint density at radius 1 is 0.641 bits per heavy atom. The van der Waals surface area contributed by atoms with Gasteiger partial charge in [0.1, 0.15) is 24.4 Å². The smallest absolute Gasteiger partial charge is 0.434 e. The van der Waals surface area contributed by atoms with E-state index in [0.29, 0.717) is 51.4 Å². The van der Waals surface area contributed by atoms with Crippen LogP contribution in [0.2, 0.25) is 0 Å². The van der Waals surface area contributed by atoms with E-state index in [4.69, 9.17) is 47.6 Å². The standard InChI is InChI=1S/C23H42O14P2/c1-16(14-32-22(24)34-18-8-4-3-5-10-20(18)36-38(26,27)28)12-13-17(2)15-33-23(25)35-19-9-6-7-11-21(19)37-39(29,30)31/h16-21H,3-15H2,1-2H3,(H2,26,27,28)(H2,29,30,31)/t16?,17-,18?,19?,20?,21?/m1/s1. The molecular weight excluding hydrogens is 562 g/mol. The van der Waals surface area contributed by atoms with Gasteiger partial charge in [0.15, 0.2) is 0 Å². The van der Waals surface area contributed by atoms with Gasteiger partial charge in [-0.15, -0.1) is 0 Å². The van der Waals surface area contributed by atoms with Gasteiger partial charge < -0.3 is 38.5 Å². The Kier molecular flexibility index (Phi) is 14.2. The molecule has 0 bridgehead atoms. The summed E-state index contributed by atoms with van der Waals surface area (Å²) in [7, 11) is -9.43. The minimum Gasteiger partial charge on any atom is -0.434 e. The molecule has 0 heterocycles. The second-order valence-electron chi connectivity index (χ2n) is 10.4. The SMILES string of the molecule is CC(CC[C@@H](C)COC(=O)OC1CCCCC1OP(=O)(O)O)COC(=O)OC1CCCCCC1OP(=O)(O)O. The summed E-state index contributed by atoms with van der Waals surface area (Å²) in [5.74, 6) is -0.0620. The van der Waals surface area contributed by atoms with Crippen molar-refractivity contribution in [3.05, 3.63) is 0 Å². The highest BCUT2D eigenvalue weighted by Gasteiger charge is 2.35. The zero-order valence-corrected chi connectivity index (χ0v) is 24.2. The predicted octanol–water partition coefficient (Wildman–Crippen LogP) is 4.58. The van der Waals surface area contributed by atoms with E-state index in [0.717, 1.165) is 19.3 Å². The first kappa shape index (κ1) is 34.0. The maximum atomic E-state index is 12.2. The molecule has 6 atom stereocenters. The largest absolute Gasteiger partial charge is 0.508 e. The third-order valence-electron chi connectivity index (χ3n) is 6.70. The zero-order chi connectivity index (χ0) is 29.1. The van der Waals surface area contributed by atoms with Gasteiger partial charge in [-0.2, -0.15) is 0 Å². The van der Waals surface area contributed by atoms with Crippen molar-refractivity contribution >= 4 is 28.0 Å². The number of phosphoric acid groups is 2. The summed E-state index contributed by atoms with van der Waals surface area (Å²) in [5, 5.41) is 0. The molecule has 0 spiro atoms. The molecule has 0 radical (unpaired) electrons. The summed E-state index contributed by atoms with van der Waals surface area (Å²) in [4.78, 5) is 60.7. The molecule has 0 aromatic heterocycles. The van der Waals surface area contributed by atoms with E-state index < -0.39 is 52.4 Å². The number of carbonyl (C=O) groups excluding carboxylic acids is 2.